The van der Waals surface area contributed by atoms with E-state index in [-0.39, 0.29) is 30.2 Å². The molecule has 2 fully saturated rings. The predicted molar refractivity (Wildman–Crippen MR) is 113 cm³/mol. The van der Waals surface area contributed by atoms with Crippen LogP contribution in [0.15, 0.2) is 18.2 Å². The van der Waals surface area contributed by atoms with Gasteiger partial charge in [0.2, 0.25) is 15.9 Å². The van der Waals surface area contributed by atoms with Gasteiger partial charge in [0.05, 0.1) is 11.7 Å². The van der Waals surface area contributed by atoms with Crippen molar-refractivity contribution in [2.75, 3.05) is 20.1 Å². The van der Waals surface area contributed by atoms with Gasteiger partial charge in [-0.1, -0.05) is 48.5 Å². The summed E-state index contributed by atoms with van der Waals surface area (Å²) in [6.07, 6.45) is 7.06. The van der Waals surface area contributed by atoms with Crippen LogP contribution in [0.3, 0.4) is 0 Å². The molecule has 0 aromatic heterocycles. The molecule has 1 aromatic rings. The van der Waals surface area contributed by atoms with Crippen molar-refractivity contribution in [2.45, 2.75) is 56.7 Å². The van der Waals surface area contributed by atoms with Gasteiger partial charge < -0.3 is 4.90 Å². The zero-order chi connectivity index (χ0) is 20.3. The number of carbonyl (C=O) groups excluding carboxylic acids is 1. The third-order valence-electron chi connectivity index (χ3n) is 5.99. The molecule has 1 heterocycles. The fourth-order valence-electron chi connectivity index (χ4n) is 4.28. The maximum absolute atomic E-state index is 13.0. The smallest absolute Gasteiger partial charge is 0.227 e. The minimum atomic E-state index is -3.60. The highest BCUT2D eigenvalue weighted by atomic mass is 35.5. The number of rotatable bonds is 5. The zero-order valence-corrected chi connectivity index (χ0v) is 18.6. The summed E-state index contributed by atoms with van der Waals surface area (Å²) >= 11 is 12.3. The Balaban J connectivity index is 1.68. The summed E-state index contributed by atoms with van der Waals surface area (Å²) in [7, 11) is -1.73. The molecule has 1 aliphatic carbocycles. The first-order valence-electron chi connectivity index (χ1n) is 9.97. The Morgan fingerprint density at radius 2 is 1.75 bits per heavy atom. The Labute approximate surface area is 178 Å². The molecule has 3 rings (SSSR count). The number of sulfonamides is 1. The third-order valence-corrected chi connectivity index (χ3v) is 8.47. The molecule has 156 valence electrons. The highest BCUT2D eigenvalue weighted by Gasteiger charge is 2.35. The summed E-state index contributed by atoms with van der Waals surface area (Å²) in [6.45, 7) is 0.668. The van der Waals surface area contributed by atoms with E-state index in [0.29, 0.717) is 28.6 Å². The lowest BCUT2D eigenvalue weighted by Crippen LogP contribution is -2.48. The summed E-state index contributed by atoms with van der Waals surface area (Å²) in [6, 6.07) is 5.26. The molecule has 0 N–H and O–H groups in total. The quantitative estimate of drug-likeness (QED) is 0.675. The first-order chi connectivity index (χ1) is 13.3. The molecule has 28 heavy (non-hydrogen) atoms. The Morgan fingerprint density at radius 1 is 1.11 bits per heavy atom. The van der Waals surface area contributed by atoms with Gasteiger partial charge in [-0.3, -0.25) is 4.79 Å². The second-order valence-electron chi connectivity index (χ2n) is 7.89. The van der Waals surface area contributed by atoms with Crippen molar-refractivity contribution >= 4 is 39.1 Å². The van der Waals surface area contributed by atoms with E-state index in [0.717, 1.165) is 32.1 Å². The van der Waals surface area contributed by atoms with Crippen LogP contribution in [0.2, 0.25) is 10.0 Å². The molecule has 1 aliphatic heterocycles. The minimum Gasteiger partial charge on any atom is -0.342 e. The minimum absolute atomic E-state index is 0.0718. The van der Waals surface area contributed by atoms with Gasteiger partial charge in [-0.2, -0.15) is 0 Å². The maximum Gasteiger partial charge on any atom is 0.227 e. The number of piperidine rings is 1. The molecule has 1 saturated heterocycles. The first-order valence-corrected chi connectivity index (χ1v) is 12.3. The van der Waals surface area contributed by atoms with Crippen LogP contribution in [-0.4, -0.2) is 49.7 Å². The standard InChI is InChI=1S/C20H28Cl2N2O3S/c1-23(16-8-3-2-4-9-16)20(25)15-7-6-12-24(13-15)28(26,27)14-17-18(21)10-5-11-19(17)22/h5,10-11,15-16H,2-4,6-9,12-14H2,1H3/t15-/m0/s1. The van der Waals surface area contributed by atoms with Crippen LogP contribution in [0.4, 0.5) is 0 Å². The number of halogens is 2. The Morgan fingerprint density at radius 3 is 2.39 bits per heavy atom. The molecule has 1 aromatic carbocycles. The molecule has 2 aliphatic rings. The molecule has 1 atom stereocenters. The van der Waals surface area contributed by atoms with Crippen molar-refractivity contribution < 1.29 is 13.2 Å². The van der Waals surface area contributed by atoms with E-state index in [9.17, 15) is 13.2 Å². The molecule has 0 spiro atoms. The van der Waals surface area contributed by atoms with Gasteiger partial charge in [0, 0.05) is 41.8 Å². The molecule has 8 heteroatoms. The summed E-state index contributed by atoms with van der Waals surface area (Å²) in [5.41, 5.74) is 0.415. The fourth-order valence-corrected chi connectivity index (χ4v) is 6.64. The predicted octanol–water partition coefficient (Wildman–Crippen LogP) is 4.33. The molecular formula is C20H28Cl2N2O3S. The van der Waals surface area contributed by atoms with Gasteiger partial charge in [-0.05, 0) is 37.8 Å². The lowest BCUT2D eigenvalue weighted by molar-refractivity contribution is -0.138. The summed E-state index contributed by atoms with van der Waals surface area (Å²) < 4.78 is 27.4. The highest BCUT2D eigenvalue weighted by Crippen LogP contribution is 2.30. The average molecular weight is 447 g/mol. The SMILES string of the molecule is CN(C(=O)[C@H]1CCCN(S(=O)(=O)Cc2c(Cl)cccc2Cl)C1)C1CCCCC1. The average Bonchev–Trinajstić information content (AvgIpc) is 2.70. The van der Waals surface area contributed by atoms with Crippen molar-refractivity contribution in [3.8, 4) is 0 Å². The largest absolute Gasteiger partial charge is 0.342 e. The summed E-state index contributed by atoms with van der Waals surface area (Å²) in [4.78, 5) is 14.9. The van der Waals surface area contributed by atoms with Crippen molar-refractivity contribution in [3.63, 3.8) is 0 Å². The molecule has 0 unspecified atom stereocenters. The van der Waals surface area contributed by atoms with Crippen LogP contribution in [0.1, 0.15) is 50.5 Å². The zero-order valence-electron chi connectivity index (χ0n) is 16.2. The highest BCUT2D eigenvalue weighted by molar-refractivity contribution is 7.88. The van der Waals surface area contributed by atoms with Crippen molar-refractivity contribution in [3.05, 3.63) is 33.8 Å². The van der Waals surface area contributed by atoms with Gasteiger partial charge in [-0.25, -0.2) is 12.7 Å². The Kier molecular flexibility index (Phi) is 7.29. The van der Waals surface area contributed by atoms with E-state index >= 15 is 0 Å². The van der Waals surface area contributed by atoms with Crippen LogP contribution in [0.25, 0.3) is 0 Å². The number of amides is 1. The molecule has 5 nitrogen and oxygen atoms in total. The Hall–Kier alpha value is -0.820. The molecule has 1 saturated carbocycles. The van der Waals surface area contributed by atoms with Gasteiger partial charge in [0.15, 0.2) is 0 Å². The normalized spacial score (nSPS) is 22.2. The lowest BCUT2D eigenvalue weighted by atomic mass is 9.92. The van der Waals surface area contributed by atoms with E-state index in [2.05, 4.69) is 0 Å². The van der Waals surface area contributed by atoms with E-state index < -0.39 is 10.0 Å². The maximum atomic E-state index is 13.0. The van der Waals surface area contributed by atoms with Crippen LogP contribution >= 0.6 is 23.2 Å². The van der Waals surface area contributed by atoms with Crippen molar-refractivity contribution in [2.24, 2.45) is 5.92 Å². The second-order valence-corrected chi connectivity index (χ2v) is 10.7. The monoisotopic (exact) mass is 446 g/mol. The first kappa shape index (κ1) is 21.9. The van der Waals surface area contributed by atoms with Crippen LogP contribution in [0, 0.1) is 5.92 Å². The van der Waals surface area contributed by atoms with Crippen molar-refractivity contribution in [1.29, 1.82) is 0 Å². The number of hydrogen-bond donors (Lipinski definition) is 0. The van der Waals surface area contributed by atoms with Gasteiger partial charge in [0.1, 0.15) is 0 Å². The van der Waals surface area contributed by atoms with E-state index in [4.69, 9.17) is 23.2 Å². The van der Waals surface area contributed by atoms with E-state index in [1.165, 1.54) is 10.7 Å². The van der Waals surface area contributed by atoms with E-state index in [1.807, 2.05) is 11.9 Å². The number of nitrogens with zero attached hydrogens (tertiary/aromatic N) is 2. The second kappa shape index (κ2) is 9.33. The van der Waals surface area contributed by atoms with Crippen LogP contribution < -0.4 is 0 Å². The van der Waals surface area contributed by atoms with Crippen LogP contribution in [0.5, 0.6) is 0 Å². The third kappa shape index (κ3) is 5.02. The number of carbonyl (C=O) groups is 1. The van der Waals surface area contributed by atoms with Gasteiger partial charge in [-0.15, -0.1) is 0 Å². The molecule has 0 bridgehead atoms. The summed E-state index contributed by atoms with van der Waals surface area (Å²) in [5.74, 6) is -0.454. The summed E-state index contributed by atoms with van der Waals surface area (Å²) in [5, 5.41) is 0.690. The van der Waals surface area contributed by atoms with Gasteiger partial charge >= 0.3 is 0 Å². The molecular weight excluding hydrogens is 419 g/mol. The number of hydrogen-bond acceptors (Lipinski definition) is 3. The molecule has 1 amide bonds. The van der Waals surface area contributed by atoms with Gasteiger partial charge in [0.25, 0.3) is 0 Å². The van der Waals surface area contributed by atoms with E-state index in [1.54, 1.807) is 18.2 Å². The van der Waals surface area contributed by atoms with Crippen LogP contribution in [-0.2, 0) is 20.6 Å². The molecule has 0 radical (unpaired) electrons. The Bertz CT molecular complexity index is 789. The van der Waals surface area contributed by atoms with Crippen molar-refractivity contribution in [1.82, 2.24) is 9.21 Å². The lowest BCUT2D eigenvalue weighted by Gasteiger charge is -2.37. The topological polar surface area (TPSA) is 57.7 Å². The fraction of sp³-hybridized carbons (Fsp3) is 0.650. The number of benzene rings is 1.